The second kappa shape index (κ2) is 5.40. The van der Waals surface area contributed by atoms with Gasteiger partial charge >= 0.3 is 0 Å². The molecule has 3 rings (SSSR count). The van der Waals surface area contributed by atoms with Crippen molar-refractivity contribution in [2.45, 2.75) is 57.4 Å². The van der Waals surface area contributed by atoms with Crippen LogP contribution in [-0.4, -0.2) is 13.7 Å². The van der Waals surface area contributed by atoms with Gasteiger partial charge in [-0.1, -0.05) is 39.2 Å². The maximum absolute atomic E-state index is 5.81. The van der Waals surface area contributed by atoms with Crippen molar-refractivity contribution in [3.05, 3.63) is 29.3 Å². The number of nitrogens with one attached hydrogen (secondary N) is 1. The first-order valence-electron chi connectivity index (χ1n) is 8.06. The van der Waals surface area contributed by atoms with Crippen molar-refractivity contribution in [2.24, 2.45) is 5.92 Å². The predicted octanol–water partition coefficient (Wildman–Crippen LogP) is 4.20. The molecule has 0 saturated heterocycles. The molecule has 1 aliphatic carbocycles. The van der Waals surface area contributed by atoms with E-state index in [0.717, 1.165) is 18.3 Å². The van der Waals surface area contributed by atoms with Crippen molar-refractivity contribution in [1.29, 1.82) is 0 Å². The summed E-state index contributed by atoms with van der Waals surface area (Å²) in [5.74, 6) is 1.87. The topological polar surface area (TPSA) is 21.3 Å². The van der Waals surface area contributed by atoms with E-state index in [9.17, 15) is 0 Å². The third-order valence-electron chi connectivity index (χ3n) is 5.11. The van der Waals surface area contributed by atoms with Crippen molar-refractivity contribution in [3.63, 3.8) is 0 Å². The molecule has 1 saturated carbocycles. The molecule has 2 aliphatic rings. The number of rotatable bonds is 3. The zero-order valence-corrected chi connectivity index (χ0v) is 13.0. The molecule has 2 nitrogen and oxygen atoms in total. The smallest absolute Gasteiger partial charge is 0.123 e. The van der Waals surface area contributed by atoms with E-state index in [0.29, 0.717) is 6.04 Å². The van der Waals surface area contributed by atoms with Crippen molar-refractivity contribution in [3.8, 4) is 5.75 Å². The van der Waals surface area contributed by atoms with Crippen molar-refractivity contribution in [2.75, 3.05) is 13.7 Å². The summed E-state index contributed by atoms with van der Waals surface area (Å²) in [5, 5.41) is 3.57. The van der Waals surface area contributed by atoms with Gasteiger partial charge in [0.15, 0.2) is 0 Å². The van der Waals surface area contributed by atoms with E-state index in [4.69, 9.17) is 4.74 Å². The molecule has 0 aromatic heterocycles. The Balaban J connectivity index is 1.89. The molecule has 1 aromatic carbocycles. The molecule has 20 heavy (non-hydrogen) atoms. The van der Waals surface area contributed by atoms with Crippen LogP contribution >= 0.6 is 0 Å². The Morgan fingerprint density at radius 2 is 1.95 bits per heavy atom. The van der Waals surface area contributed by atoms with Crippen LogP contribution in [0.25, 0.3) is 0 Å². The number of hydrogen-bond acceptors (Lipinski definition) is 2. The van der Waals surface area contributed by atoms with Gasteiger partial charge in [-0.25, -0.2) is 0 Å². The molecular weight excluding hydrogens is 246 g/mol. The molecule has 1 aliphatic heterocycles. The Morgan fingerprint density at radius 3 is 2.65 bits per heavy atom. The maximum atomic E-state index is 5.81. The van der Waals surface area contributed by atoms with Gasteiger partial charge in [-0.15, -0.1) is 0 Å². The molecule has 1 atom stereocenters. The fourth-order valence-electron chi connectivity index (χ4n) is 3.87. The molecule has 0 bridgehead atoms. The lowest BCUT2D eigenvalue weighted by Crippen LogP contribution is -2.27. The van der Waals surface area contributed by atoms with Gasteiger partial charge in [0.1, 0.15) is 5.75 Å². The van der Waals surface area contributed by atoms with E-state index in [-0.39, 0.29) is 5.41 Å². The summed E-state index contributed by atoms with van der Waals surface area (Å²) in [6, 6.07) is 7.32. The largest absolute Gasteiger partial charge is 0.492 e. The average molecular weight is 273 g/mol. The third kappa shape index (κ3) is 2.46. The normalized spacial score (nSPS) is 23.1. The van der Waals surface area contributed by atoms with E-state index in [1.54, 1.807) is 0 Å². The molecular formula is C18H27NO. The third-order valence-corrected chi connectivity index (χ3v) is 5.11. The van der Waals surface area contributed by atoms with Crippen LogP contribution in [0.5, 0.6) is 5.75 Å². The number of benzene rings is 1. The van der Waals surface area contributed by atoms with Crippen LogP contribution in [0.3, 0.4) is 0 Å². The fourth-order valence-corrected chi connectivity index (χ4v) is 3.87. The molecule has 0 amide bonds. The van der Waals surface area contributed by atoms with Crippen LogP contribution in [0.2, 0.25) is 0 Å². The molecule has 1 N–H and O–H groups in total. The van der Waals surface area contributed by atoms with Crippen LogP contribution < -0.4 is 10.1 Å². The van der Waals surface area contributed by atoms with Gasteiger partial charge in [-0.05, 0) is 43.5 Å². The van der Waals surface area contributed by atoms with E-state index in [2.05, 4.69) is 44.4 Å². The zero-order valence-electron chi connectivity index (χ0n) is 13.0. The highest BCUT2D eigenvalue weighted by molar-refractivity contribution is 5.46. The summed E-state index contributed by atoms with van der Waals surface area (Å²) in [5.41, 5.74) is 2.97. The Kier molecular flexibility index (Phi) is 3.76. The summed E-state index contributed by atoms with van der Waals surface area (Å²) in [7, 11) is 2.11. The van der Waals surface area contributed by atoms with Crippen molar-refractivity contribution >= 4 is 0 Å². The number of hydrogen-bond donors (Lipinski definition) is 1. The predicted molar refractivity (Wildman–Crippen MR) is 83.3 cm³/mol. The van der Waals surface area contributed by atoms with Gasteiger partial charge < -0.3 is 10.1 Å². The summed E-state index contributed by atoms with van der Waals surface area (Å²) in [6.45, 7) is 5.36. The van der Waals surface area contributed by atoms with Crippen LogP contribution in [0.4, 0.5) is 0 Å². The molecule has 110 valence electrons. The summed E-state index contributed by atoms with van der Waals surface area (Å²) < 4.78 is 5.81. The minimum atomic E-state index is 0.149. The van der Waals surface area contributed by atoms with Crippen molar-refractivity contribution in [1.82, 2.24) is 5.32 Å². The first-order valence-corrected chi connectivity index (χ1v) is 8.06. The Hall–Kier alpha value is -1.02. The Bertz CT molecular complexity index is 474. The van der Waals surface area contributed by atoms with E-state index >= 15 is 0 Å². The first-order chi connectivity index (χ1) is 9.62. The molecule has 1 unspecified atom stereocenters. The number of ether oxygens (including phenoxy) is 1. The van der Waals surface area contributed by atoms with Gasteiger partial charge in [0.05, 0.1) is 6.61 Å². The second-order valence-corrected chi connectivity index (χ2v) is 7.09. The van der Waals surface area contributed by atoms with Gasteiger partial charge in [0.2, 0.25) is 0 Å². The molecule has 1 heterocycles. The average Bonchev–Trinajstić information content (AvgIpc) is 2.77. The lowest BCUT2D eigenvalue weighted by atomic mass is 9.79. The molecule has 0 spiro atoms. The highest BCUT2D eigenvalue weighted by Gasteiger charge is 2.33. The van der Waals surface area contributed by atoms with Crippen LogP contribution in [-0.2, 0) is 5.41 Å². The van der Waals surface area contributed by atoms with E-state index in [1.807, 2.05) is 0 Å². The van der Waals surface area contributed by atoms with E-state index in [1.165, 1.54) is 43.2 Å². The number of fused-ring (bicyclic) bond motifs is 1. The second-order valence-electron chi connectivity index (χ2n) is 7.09. The molecule has 0 radical (unpaired) electrons. The zero-order chi connectivity index (χ0) is 14.2. The van der Waals surface area contributed by atoms with Gasteiger partial charge in [0.25, 0.3) is 0 Å². The standard InChI is InChI=1S/C18H27NO/c1-18(2)12-20-16-10-9-14(11-15(16)18)17(19-3)13-7-5-4-6-8-13/h9-11,13,17,19H,4-8,12H2,1-3H3. The summed E-state index contributed by atoms with van der Waals surface area (Å²) in [4.78, 5) is 0. The van der Waals surface area contributed by atoms with Crippen LogP contribution in [0.1, 0.15) is 63.1 Å². The lowest BCUT2D eigenvalue weighted by molar-refractivity contribution is 0.281. The minimum absolute atomic E-state index is 0.149. The molecule has 1 fully saturated rings. The minimum Gasteiger partial charge on any atom is -0.492 e. The van der Waals surface area contributed by atoms with Gasteiger partial charge in [-0.3, -0.25) is 0 Å². The fraction of sp³-hybridized carbons (Fsp3) is 0.667. The van der Waals surface area contributed by atoms with Crippen LogP contribution in [0, 0.1) is 5.92 Å². The van der Waals surface area contributed by atoms with E-state index < -0.39 is 0 Å². The molecule has 2 heteroatoms. The lowest BCUT2D eigenvalue weighted by Gasteiger charge is -2.31. The van der Waals surface area contributed by atoms with Crippen molar-refractivity contribution < 1.29 is 4.74 Å². The summed E-state index contributed by atoms with van der Waals surface area (Å²) >= 11 is 0. The van der Waals surface area contributed by atoms with Gasteiger partial charge in [0, 0.05) is 17.0 Å². The highest BCUT2D eigenvalue weighted by atomic mass is 16.5. The highest BCUT2D eigenvalue weighted by Crippen LogP contribution is 2.41. The summed E-state index contributed by atoms with van der Waals surface area (Å²) in [6.07, 6.45) is 6.92. The maximum Gasteiger partial charge on any atom is 0.123 e. The monoisotopic (exact) mass is 273 g/mol. The molecule has 1 aromatic rings. The quantitative estimate of drug-likeness (QED) is 0.891. The first kappa shape index (κ1) is 13.9. The van der Waals surface area contributed by atoms with Crippen LogP contribution in [0.15, 0.2) is 18.2 Å². The SMILES string of the molecule is CNC(c1ccc2c(c1)C(C)(C)CO2)C1CCCCC1. The Morgan fingerprint density at radius 1 is 1.20 bits per heavy atom. The van der Waals surface area contributed by atoms with Gasteiger partial charge in [-0.2, -0.15) is 0 Å². The Labute approximate surface area is 122 Å².